The summed E-state index contributed by atoms with van der Waals surface area (Å²) in [4.78, 5) is 23.8. The molecule has 0 spiro atoms. The van der Waals surface area contributed by atoms with Gasteiger partial charge in [-0.2, -0.15) is 0 Å². The maximum absolute atomic E-state index is 11.9. The third kappa shape index (κ3) is 2.29. The smallest absolute Gasteiger partial charge is 0.272 e. The average Bonchev–Trinajstić information content (AvgIpc) is 2.20. The molecule has 1 aromatic heterocycles. The number of carbonyl (C=O) groups excluding carboxylic acids is 1. The molecule has 0 saturated carbocycles. The van der Waals surface area contributed by atoms with Crippen molar-refractivity contribution in [3.05, 3.63) is 17.0 Å². The maximum atomic E-state index is 11.9. The van der Waals surface area contributed by atoms with E-state index in [4.69, 9.17) is 0 Å². The van der Waals surface area contributed by atoms with Crippen LogP contribution in [0.4, 0.5) is 5.95 Å². The first-order valence-corrected chi connectivity index (χ1v) is 5.08. The number of aromatic nitrogens is 2. The molecule has 1 aromatic rings. The first-order chi connectivity index (χ1) is 7.34. The zero-order valence-electron chi connectivity index (χ0n) is 10.7. The summed E-state index contributed by atoms with van der Waals surface area (Å²) in [6.07, 6.45) is 0. The Kier molecular flexibility index (Phi) is 3.47. The molecule has 1 rings (SSSR count). The molecule has 0 N–H and O–H groups in total. The maximum Gasteiger partial charge on any atom is 0.272 e. The molecule has 0 bridgehead atoms. The predicted molar refractivity (Wildman–Crippen MR) is 63.9 cm³/mol. The fraction of sp³-hybridized carbons (Fsp3) is 0.545. The number of nitrogens with zero attached hydrogens (tertiary/aromatic N) is 4. The van der Waals surface area contributed by atoms with Crippen molar-refractivity contribution < 1.29 is 4.79 Å². The van der Waals surface area contributed by atoms with Crippen molar-refractivity contribution in [3.63, 3.8) is 0 Å². The summed E-state index contributed by atoms with van der Waals surface area (Å²) in [5, 5.41) is 0. The van der Waals surface area contributed by atoms with Gasteiger partial charge in [0.15, 0.2) is 0 Å². The number of rotatable bonds is 2. The van der Waals surface area contributed by atoms with E-state index in [1.807, 2.05) is 27.9 Å². The number of carbonyl (C=O) groups is 1. The lowest BCUT2D eigenvalue weighted by Crippen LogP contribution is -2.26. The van der Waals surface area contributed by atoms with Crippen LogP contribution >= 0.6 is 0 Å². The first-order valence-electron chi connectivity index (χ1n) is 5.08. The second-order valence-electron chi connectivity index (χ2n) is 4.18. The van der Waals surface area contributed by atoms with Crippen LogP contribution in [0.5, 0.6) is 0 Å². The summed E-state index contributed by atoms with van der Waals surface area (Å²) in [6, 6.07) is 0. The average molecular weight is 222 g/mol. The van der Waals surface area contributed by atoms with E-state index in [9.17, 15) is 4.79 Å². The first kappa shape index (κ1) is 12.4. The van der Waals surface area contributed by atoms with E-state index in [1.165, 1.54) is 4.90 Å². The van der Waals surface area contributed by atoms with Crippen LogP contribution in [0.2, 0.25) is 0 Å². The van der Waals surface area contributed by atoms with Gasteiger partial charge in [0, 0.05) is 39.4 Å². The van der Waals surface area contributed by atoms with Crippen molar-refractivity contribution in [2.45, 2.75) is 13.8 Å². The van der Waals surface area contributed by atoms with Crippen molar-refractivity contribution in [3.8, 4) is 0 Å². The SMILES string of the molecule is Cc1nc(N(C)C)nc(C(=O)N(C)C)c1C. The molecule has 0 unspecified atom stereocenters. The van der Waals surface area contributed by atoms with Crippen molar-refractivity contribution in [2.75, 3.05) is 33.1 Å². The van der Waals surface area contributed by atoms with Gasteiger partial charge in [0.2, 0.25) is 5.95 Å². The Hall–Kier alpha value is -1.65. The largest absolute Gasteiger partial charge is 0.347 e. The molecule has 0 aliphatic carbocycles. The quantitative estimate of drug-likeness (QED) is 0.744. The van der Waals surface area contributed by atoms with E-state index in [0.29, 0.717) is 11.6 Å². The molecular weight excluding hydrogens is 204 g/mol. The Bertz CT molecular complexity index is 413. The van der Waals surface area contributed by atoms with Gasteiger partial charge in [0.05, 0.1) is 0 Å². The molecule has 0 atom stereocenters. The van der Waals surface area contributed by atoms with Gasteiger partial charge in [-0.15, -0.1) is 0 Å². The van der Waals surface area contributed by atoms with Gasteiger partial charge in [-0.3, -0.25) is 4.79 Å². The topological polar surface area (TPSA) is 49.3 Å². The molecule has 5 heteroatoms. The van der Waals surface area contributed by atoms with E-state index < -0.39 is 0 Å². The van der Waals surface area contributed by atoms with Gasteiger partial charge in [0.25, 0.3) is 5.91 Å². The van der Waals surface area contributed by atoms with E-state index in [0.717, 1.165) is 11.3 Å². The van der Waals surface area contributed by atoms with Gasteiger partial charge < -0.3 is 9.80 Å². The summed E-state index contributed by atoms with van der Waals surface area (Å²) in [7, 11) is 7.14. The van der Waals surface area contributed by atoms with Crippen LogP contribution in [0.15, 0.2) is 0 Å². The van der Waals surface area contributed by atoms with Crippen molar-refractivity contribution in [1.29, 1.82) is 0 Å². The summed E-state index contributed by atoms with van der Waals surface area (Å²) in [5.74, 6) is 0.472. The Balaban J connectivity index is 3.32. The van der Waals surface area contributed by atoms with E-state index in [1.54, 1.807) is 19.0 Å². The summed E-state index contributed by atoms with van der Waals surface area (Å²) in [5.41, 5.74) is 2.15. The lowest BCUT2D eigenvalue weighted by molar-refractivity contribution is 0.0821. The van der Waals surface area contributed by atoms with Crippen molar-refractivity contribution in [1.82, 2.24) is 14.9 Å². The monoisotopic (exact) mass is 222 g/mol. The molecule has 1 heterocycles. The number of hydrogen-bond acceptors (Lipinski definition) is 4. The van der Waals surface area contributed by atoms with Gasteiger partial charge in [-0.25, -0.2) is 9.97 Å². The number of aryl methyl sites for hydroxylation is 1. The minimum absolute atomic E-state index is 0.0916. The van der Waals surface area contributed by atoms with Crippen LogP contribution in [0.1, 0.15) is 21.7 Å². The zero-order valence-corrected chi connectivity index (χ0v) is 10.7. The Morgan fingerprint density at radius 2 is 1.62 bits per heavy atom. The molecule has 5 nitrogen and oxygen atoms in total. The molecule has 0 fully saturated rings. The minimum atomic E-state index is -0.0916. The van der Waals surface area contributed by atoms with Crippen molar-refractivity contribution in [2.24, 2.45) is 0 Å². The van der Waals surface area contributed by atoms with E-state index >= 15 is 0 Å². The zero-order chi connectivity index (χ0) is 12.5. The fourth-order valence-electron chi connectivity index (χ4n) is 1.23. The molecule has 0 saturated heterocycles. The second kappa shape index (κ2) is 4.47. The van der Waals surface area contributed by atoms with Crippen LogP contribution < -0.4 is 4.90 Å². The highest BCUT2D eigenvalue weighted by Gasteiger charge is 2.17. The molecule has 0 aliphatic rings. The second-order valence-corrected chi connectivity index (χ2v) is 4.18. The standard InChI is InChI=1S/C11H18N4O/c1-7-8(2)12-11(15(5)6)13-9(7)10(16)14(3)4/h1-6H3. The summed E-state index contributed by atoms with van der Waals surface area (Å²) >= 11 is 0. The van der Waals surface area contributed by atoms with Crippen LogP contribution in [0, 0.1) is 13.8 Å². The van der Waals surface area contributed by atoms with Crippen molar-refractivity contribution >= 4 is 11.9 Å². The van der Waals surface area contributed by atoms with Gasteiger partial charge in [-0.1, -0.05) is 0 Å². The third-order valence-electron chi connectivity index (χ3n) is 2.39. The highest BCUT2D eigenvalue weighted by molar-refractivity contribution is 5.93. The number of anilines is 1. The molecule has 88 valence electrons. The molecule has 16 heavy (non-hydrogen) atoms. The molecule has 0 radical (unpaired) electrons. The van der Waals surface area contributed by atoms with Crippen LogP contribution in [-0.4, -0.2) is 49.0 Å². The fourth-order valence-corrected chi connectivity index (χ4v) is 1.23. The number of hydrogen-bond donors (Lipinski definition) is 0. The molecule has 1 amide bonds. The van der Waals surface area contributed by atoms with Crippen LogP contribution in [0.3, 0.4) is 0 Å². The Labute approximate surface area is 96.1 Å². The van der Waals surface area contributed by atoms with E-state index in [-0.39, 0.29) is 5.91 Å². The Morgan fingerprint density at radius 3 is 2.06 bits per heavy atom. The summed E-state index contributed by atoms with van der Waals surface area (Å²) < 4.78 is 0. The summed E-state index contributed by atoms with van der Waals surface area (Å²) in [6.45, 7) is 3.75. The molecule has 0 aliphatic heterocycles. The van der Waals surface area contributed by atoms with E-state index in [2.05, 4.69) is 9.97 Å². The normalized spacial score (nSPS) is 10.1. The minimum Gasteiger partial charge on any atom is -0.347 e. The predicted octanol–water partition coefficient (Wildman–Crippen LogP) is 0.861. The van der Waals surface area contributed by atoms with Gasteiger partial charge >= 0.3 is 0 Å². The molecular formula is C11H18N4O. The highest BCUT2D eigenvalue weighted by Crippen LogP contribution is 2.14. The van der Waals surface area contributed by atoms with Crippen LogP contribution in [-0.2, 0) is 0 Å². The number of amides is 1. The third-order valence-corrected chi connectivity index (χ3v) is 2.39. The lowest BCUT2D eigenvalue weighted by Gasteiger charge is -2.16. The lowest BCUT2D eigenvalue weighted by atomic mass is 10.2. The van der Waals surface area contributed by atoms with Gasteiger partial charge in [0.1, 0.15) is 5.69 Å². The molecule has 0 aromatic carbocycles. The van der Waals surface area contributed by atoms with Crippen LogP contribution in [0.25, 0.3) is 0 Å². The Morgan fingerprint density at radius 1 is 1.06 bits per heavy atom. The van der Waals surface area contributed by atoms with Gasteiger partial charge in [-0.05, 0) is 13.8 Å². The highest BCUT2D eigenvalue weighted by atomic mass is 16.2.